The zero-order valence-corrected chi connectivity index (χ0v) is 6.79. The number of nitrogens with zero attached hydrogens (tertiary/aromatic N) is 1. The van der Waals surface area contributed by atoms with Crippen molar-refractivity contribution < 1.29 is 4.79 Å². The summed E-state index contributed by atoms with van der Waals surface area (Å²) in [5.74, 6) is 0. The van der Waals surface area contributed by atoms with Gasteiger partial charge in [0, 0.05) is 4.88 Å². The normalized spacial score (nSPS) is 9.00. The summed E-state index contributed by atoms with van der Waals surface area (Å²) in [5.41, 5.74) is 0.616. The van der Waals surface area contributed by atoms with Crippen molar-refractivity contribution in [2.75, 3.05) is 0 Å². The molecular formula is C6H4ClNOS. The van der Waals surface area contributed by atoms with Crippen molar-refractivity contribution in [2.24, 2.45) is 4.99 Å². The van der Waals surface area contributed by atoms with E-state index in [4.69, 9.17) is 11.6 Å². The lowest BCUT2D eigenvalue weighted by Crippen LogP contribution is -1.57. The first-order valence-electron chi connectivity index (χ1n) is 2.58. The Morgan fingerprint density at radius 3 is 2.90 bits per heavy atom. The fourth-order valence-corrected chi connectivity index (χ4v) is 1.72. The van der Waals surface area contributed by atoms with Crippen LogP contribution in [0.2, 0.25) is 4.34 Å². The monoisotopic (exact) mass is 173 g/mol. The van der Waals surface area contributed by atoms with Gasteiger partial charge in [0.1, 0.15) is 0 Å². The summed E-state index contributed by atoms with van der Waals surface area (Å²) >= 11 is 7.03. The molecule has 0 saturated heterocycles. The molecule has 0 unspecified atom stereocenters. The van der Waals surface area contributed by atoms with Crippen LogP contribution < -0.4 is 0 Å². The van der Waals surface area contributed by atoms with E-state index in [2.05, 4.69) is 4.99 Å². The van der Waals surface area contributed by atoms with Crippen molar-refractivity contribution >= 4 is 34.7 Å². The van der Waals surface area contributed by atoms with Gasteiger partial charge >= 0.3 is 0 Å². The highest BCUT2D eigenvalue weighted by Gasteiger charge is 2.00. The molecule has 0 aromatic carbocycles. The van der Waals surface area contributed by atoms with Gasteiger partial charge in [-0.2, -0.15) is 4.99 Å². The van der Waals surface area contributed by atoms with Crippen molar-refractivity contribution in [3.63, 3.8) is 0 Å². The maximum absolute atomic E-state index is 9.81. The highest BCUT2D eigenvalue weighted by atomic mass is 35.5. The number of thiophene rings is 1. The number of aliphatic imine (C=N–C) groups is 1. The van der Waals surface area contributed by atoms with Crippen LogP contribution in [0.5, 0.6) is 0 Å². The van der Waals surface area contributed by atoms with Gasteiger partial charge in [0.15, 0.2) is 0 Å². The Hall–Kier alpha value is -0.630. The summed E-state index contributed by atoms with van der Waals surface area (Å²) in [6.07, 6.45) is 1.46. The van der Waals surface area contributed by atoms with Crippen LogP contribution in [0.15, 0.2) is 11.1 Å². The molecule has 0 amide bonds. The second-order valence-electron chi connectivity index (χ2n) is 1.70. The molecule has 0 fully saturated rings. The van der Waals surface area contributed by atoms with Crippen LogP contribution in [0, 0.1) is 6.92 Å². The van der Waals surface area contributed by atoms with Crippen LogP contribution in [0.3, 0.4) is 0 Å². The zero-order valence-electron chi connectivity index (χ0n) is 5.22. The molecule has 0 aliphatic carbocycles. The second-order valence-corrected chi connectivity index (χ2v) is 3.58. The van der Waals surface area contributed by atoms with Gasteiger partial charge in [-0.05, 0) is 13.0 Å². The van der Waals surface area contributed by atoms with Crippen LogP contribution in [0.4, 0.5) is 5.69 Å². The molecule has 2 nitrogen and oxygen atoms in total. The van der Waals surface area contributed by atoms with Crippen LogP contribution in [-0.4, -0.2) is 6.08 Å². The largest absolute Gasteiger partial charge is 0.240 e. The highest BCUT2D eigenvalue weighted by molar-refractivity contribution is 7.16. The average molecular weight is 174 g/mol. The molecule has 1 aromatic rings. The first kappa shape index (κ1) is 7.48. The van der Waals surface area contributed by atoms with E-state index < -0.39 is 0 Å². The molecule has 0 bridgehead atoms. The average Bonchev–Trinajstić information content (AvgIpc) is 2.13. The highest BCUT2D eigenvalue weighted by Crippen LogP contribution is 2.31. The molecule has 0 spiro atoms. The SMILES string of the molecule is Cc1sc(Cl)cc1N=C=O. The molecule has 0 aliphatic rings. The molecular weight excluding hydrogens is 170 g/mol. The topological polar surface area (TPSA) is 29.4 Å². The van der Waals surface area contributed by atoms with E-state index >= 15 is 0 Å². The molecule has 1 heterocycles. The van der Waals surface area contributed by atoms with E-state index in [1.165, 1.54) is 17.4 Å². The minimum Gasteiger partial charge on any atom is -0.211 e. The minimum absolute atomic E-state index is 0.616. The van der Waals surface area contributed by atoms with Crippen molar-refractivity contribution in [1.82, 2.24) is 0 Å². The third-order valence-corrected chi connectivity index (χ3v) is 2.20. The number of hydrogen-bond donors (Lipinski definition) is 0. The Balaban J connectivity index is 3.14. The van der Waals surface area contributed by atoms with Gasteiger partial charge < -0.3 is 0 Å². The summed E-state index contributed by atoms with van der Waals surface area (Å²) in [6.45, 7) is 1.85. The number of aryl methyl sites for hydroxylation is 1. The smallest absolute Gasteiger partial charge is 0.211 e. The van der Waals surface area contributed by atoms with Gasteiger partial charge in [-0.25, -0.2) is 4.79 Å². The van der Waals surface area contributed by atoms with Gasteiger partial charge in [0.2, 0.25) is 6.08 Å². The fraction of sp³-hybridized carbons (Fsp3) is 0.167. The lowest BCUT2D eigenvalue weighted by atomic mass is 10.4. The number of isocyanates is 1. The quantitative estimate of drug-likeness (QED) is 0.474. The summed E-state index contributed by atoms with van der Waals surface area (Å²) in [5, 5.41) is 0. The molecule has 0 saturated carbocycles. The predicted molar refractivity (Wildman–Crippen MR) is 41.8 cm³/mol. The van der Waals surface area contributed by atoms with Crippen molar-refractivity contribution in [1.29, 1.82) is 0 Å². The lowest BCUT2D eigenvalue weighted by molar-refractivity contribution is 0.565. The van der Waals surface area contributed by atoms with Crippen molar-refractivity contribution in [3.8, 4) is 0 Å². The van der Waals surface area contributed by atoms with E-state index in [9.17, 15) is 4.79 Å². The molecule has 4 heteroatoms. The second kappa shape index (κ2) is 2.97. The van der Waals surface area contributed by atoms with Crippen molar-refractivity contribution in [2.45, 2.75) is 6.92 Å². The van der Waals surface area contributed by atoms with E-state index in [-0.39, 0.29) is 0 Å². The maximum Gasteiger partial charge on any atom is 0.240 e. The first-order chi connectivity index (χ1) is 4.74. The summed E-state index contributed by atoms with van der Waals surface area (Å²) in [7, 11) is 0. The third kappa shape index (κ3) is 1.45. The Bertz CT molecular complexity index is 288. The van der Waals surface area contributed by atoms with E-state index in [0.717, 1.165) is 4.88 Å². The molecule has 0 aliphatic heterocycles. The van der Waals surface area contributed by atoms with Gasteiger partial charge in [-0.3, -0.25) is 0 Å². The number of halogens is 1. The van der Waals surface area contributed by atoms with Crippen molar-refractivity contribution in [3.05, 3.63) is 15.3 Å². The third-order valence-electron chi connectivity index (χ3n) is 1.03. The van der Waals surface area contributed by atoms with E-state index in [0.29, 0.717) is 10.0 Å². The first-order valence-corrected chi connectivity index (χ1v) is 3.77. The Morgan fingerprint density at radius 2 is 2.50 bits per heavy atom. The van der Waals surface area contributed by atoms with Crippen LogP contribution in [0.25, 0.3) is 0 Å². The molecule has 1 rings (SSSR count). The molecule has 0 radical (unpaired) electrons. The summed E-state index contributed by atoms with van der Waals surface area (Å²) in [4.78, 5) is 14.2. The van der Waals surface area contributed by atoms with Crippen LogP contribution >= 0.6 is 22.9 Å². The zero-order chi connectivity index (χ0) is 7.56. The number of hydrogen-bond acceptors (Lipinski definition) is 3. The Kier molecular flexibility index (Phi) is 2.22. The standard InChI is InChI=1S/C6H4ClNOS/c1-4-5(8-3-9)2-6(7)10-4/h2H,1H3. The lowest BCUT2D eigenvalue weighted by Gasteiger charge is -1.80. The van der Waals surface area contributed by atoms with Crippen LogP contribution in [-0.2, 0) is 4.79 Å². The summed E-state index contributed by atoms with van der Waals surface area (Å²) in [6, 6.07) is 1.65. The predicted octanol–water partition coefficient (Wildman–Crippen LogP) is 2.68. The molecule has 10 heavy (non-hydrogen) atoms. The van der Waals surface area contributed by atoms with Gasteiger partial charge in [-0.15, -0.1) is 11.3 Å². The molecule has 0 N–H and O–H groups in total. The Morgan fingerprint density at radius 1 is 1.80 bits per heavy atom. The minimum atomic E-state index is 0.616. The summed E-state index contributed by atoms with van der Waals surface area (Å²) < 4.78 is 0.645. The number of rotatable bonds is 1. The number of carbonyl (C=O) groups excluding carboxylic acids is 1. The van der Waals surface area contributed by atoms with E-state index in [1.807, 2.05) is 6.92 Å². The van der Waals surface area contributed by atoms with Crippen LogP contribution in [0.1, 0.15) is 4.88 Å². The molecule has 1 aromatic heterocycles. The van der Waals surface area contributed by atoms with E-state index in [1.54, 1.807) is 6.07 Å². The molecule has 0 atom stereocenters. The van der Waals surface area contributed by atoms with Gasteiger partial charge in [0.05, 0.1) is 10.0 Å². The molecule has 52 valence electrons. The maximum atomic E-state index is 9.81. The van der Waals surface area contributed by atoms with Gasteiger partial charge in [-0.1, -0.05) is 11.6 Å². The fourth-order valence-electron chi connectivity index (χ4n) is 0.597. The Labute approximate surface area is 67.2 Å². The van der Waals surface area contributed by atoms with Gasteiger partial charge in [0.25, 0.3) is 0 Å².